The van der Waals surface area contributed by atoms with E-state index in [4.69, 9.17) is 4.42 Å². The highest BCUT2D eigenvalue weighted by atomic mass is 79.9. The molecule has 22 heavy (non-hydrogen) atoms. The van der Waals surface area contributed by atoms with Crippen LogP contribution >= 0.6 is 31.9 Å². The molecule has 0 radical (unpaired) electrons. The fraction of sp³-hybridized carbons (Fsp3) is 0. The summed E-state index contributed by atoms with van der Waals surface area (Å²) in [7, 11) is 0. The fourth-order valence-electron chi connectivity index (χ4n) is 2.06. The molecule has 0 atom stereocenters. The Labute approximate surface area is 139 Å². The third-order valence-corrected chi connectivity index (χ3v) is 4.27. The van der Waals surface area contributed by atoms with Gasteiger partial charge in [-0.05, 0) is 56.1 Å². The number of halogens is 2. The zero-order chi connectivity index (χ0) is 16.0. The van der Waals surface area contributed by atoms with Gasteiger partial charge in [0.2, 0.25) is 0 Å². The van der Waals surface area contributed by atoms with Crippen LogP contribution < -0.4 is 11.3 Å². The molecule has 0 saturated heterocycles. The standard InChI is InChI=1S/C14H7Br2NO5/c15-7-4-6(5-8(16)12(7)19)17-13(20)11-9(18)2-1-3-10(11)22-14(17)21/h1-5,18-19H. The van der Waals surface area contributed by atoms with Crippen molar-refractivity contribution in [3.8, 4) is 17.2 Å². The van der Waals surface area contributed by atoms with Crippen LogP contribution in [0.25, 0.3) is 16.7 Å². The number of phenolic OH excluding ortho intramolecular Hbond substituents is 2. The van der Waals surface area contributed by atoms with Crippen LogP contribution in [0.15, 0.2) is 53.3 Å². The normalized spacial score (nSPS) is 11.0. The lowest BCUT2D eigenvalue weighted by molar-refractivity contribution is 0.465. The maximum atomic E-state index is 12.5. The minimum Gasteiger partial charge on any atom is -0.507 e. The van der Waals surface area contributed by atoms with E-state index in [-0.39, 0.29) is 28.2 Å². The van der Waals surface area contributed by atoms with E-state index in [2.05, 4.69) is 31.9 Å². The molecule has 0 unspecified atom stereocenters. The van der Waals surface area contributed by atoms with Gasteiger partial charge in [0.25, 0.3) is 5.56 Å². The molecule has 112 valence electrons. The number of fused-ring (bicyclic) bond motifs is 1. The molecule has 6 nitrogen and oxygen atoms in total. The smallest absolute Gasteiger partial charge is 0.427 e. The van der Waals surface area contributed by atoms with Crippen molar-refractivity contribution in [1.82, 2.24) is 4.57 Å². The Bertz CT molecular complexity index is 999. The molecule has 0 aliphatic heterocycles. The third kappa shape index (κ3) is 2.24. The number of hydrogen-bond acceptors (Lipinski definition) is 5. The number of aromatic nitrogens is 1. The van der Waals surface area contributed by atoms with Crippen molar-refractivity contribution in [1.29, 1.82) is 0 Å². The molecule has 1 aromatic heterocycles. The van der Waals surface area contributed by atoms with Crippen LogP contribution in [0, 0.1) is 0 Å². The predicted molar refractivity (Wildman–Crippen MR) is 86.8 cm³/mol. The molecule has 8 heteroatoms. The van der Waals surface area contributed by atoms with Gasteiger partial charge in [0.05, 0.1) is 14.6 Å². The van der Waals surface area contributed by atoms with Gasteiger partial charge < -0.3 is 14.6 Å². The zero-order valence-corrected chi connectivity index (χ0v) is 13.9. The van der Waals surface area contributed by atoms with Crippen LogP contribution in [0.3, 0.4) is 0 Å². The quantitative estimate of drug-likeness (QED) is 0.621. The van der Waals surface area contributed by atoms with Gasteiger partial charge in [-0.25, -0.2) is 9.36 Å². The Morgan fingerprint density at radius 2 is 1.68 bits per heavy atom. The fourth-order valence-corrected chi connectivity index (χ4v) is 3.22. The molecule has 3 aromatic rings. The van der Waals surface area contributed by atoms with E-state index in [1.54, 1.807) is 0 Å². The summed E-state index contributed by atoms with van der Waals surface area (Å²) in [6.45, 7) is 0. The summed E-state index contributed by atoms with van der Waals surface area (Å²) in [5.74, 6) is -1.24. The van der Waals surface area contributed by atoms with E-state index in [0.717, 1.165) is 4.57 Å². The lowest BCUT2D eigenvalue weighted by Gasteiger charge is -2.08. The average Bonchev–Trinajstić information content (AvgIpc) is 2.44. The van der Waals surface area contributed by atoms with Crippen molar-refractivity contribution in [2.45, 2.75) is 0 Å². The summed E-state index contributed by atoms with van der Waals surface area (Å²) in [6, 6.07) is 7.01. The van der Waals surface area contributed by atoms with Crippen molar-refractivity contribution in [3.05, 3.63) is 60.2 Å². The molecule has 0 bridgehead atoms. The van der Waals surface area contributed by atoms with Crippen molar-refractivity contribution >= 4 is 42.8 Å². The molecule has 3 rings (SSSR count). The van der Waals surface area contributed by atoms with Gasteiger partial charge in [-0.1, -0.05) is 6.07 Å². The highest BCUT2D eigenvalue weighted by molar-refractivity contribution is 9.11. The number of hydrogen-bond donors (Lipinski definition) is 2. The van der Waals surface area contributed by atoms with E-state index < -0.39 is 11.3 Å². The number of aromatic hydroxyl groups is 2. The second-order valence-corrected chi connectivity index (χ2v) is 6.13. The van der Waals surface area contributed by atoms with Crippen molar-refractivity contribution in [3.63, 3.8) is 0 Å². The van der Waals surface area contributed by atoms with Crippen LogP contribution in [0.1, 0.15) is 0 Å². The molecular formula is C14H7Br2NO5. The number of rotatable bonds is 1. The highest BCUT2D eigenvalue weighted by Gasteiger charge is 2.16. The zero-order valence-electron chi connectivity index (χ0n) is 10.7. The topological polar surface area (TPSA) is 92.7 Å². The monoisotopic (exact) mass is 427 g/mol. The van der Waals surface area contributed by atoms with Crippen molar-refractivity contribution in [2.75, 3.05) is 0 Å². The average molecular weight is 429 g/mol. The van der Waals surface area contributed by atoms with Gasteiger partial charge in [-0.2, -0.15) is 0 Å². The minimum atomic E-state index is -0.896. The number of benzene rings is 2. The molecule has 1 heterocycles. The third-order valence-electron chi connectivity index (χ3n) is 3.06. The Morgan fingerprint density at radius 1 is 1.05 bits per heavy atom. The second kappa shape index (κ2) is 5.29. The van der Waals surface area contributed by atoms with Gasteiger partial charge in [-0.3, -0.25) is 4.79 Å². The summed E-state index contributed by atoms with van der Waals surface area (Å²) in [5.41, 5.74) is -0.530. The van der Waals surface area contributed by atoms with Crippen LogP contribution in [0.5, 0.6) is 11.5 Å². The van der Waals surface area contributed by atoms with Gasteiger partial charge in [0.15, 0.2) is 0 Å². The largest absolute Gasteiger partial charge is 0.507 e. The Kier molecular flexibility index (Phi) is 3.57. The van der Waals surface area contributed by atoms with Crippen molar-refractivity contribution in [2.24, 2.45) is 0 Å². The van der Waals surface area contributed by atoms with E-state index in [1.165, 1.54) is 30.3 Å². The van der Waals surface area contributed by atoms with Gasteiger partial charge >= 0.3 is 5.76 Å². The molecular weight excluding hydrogens is 422 g/mol. The van der Waals surface area contributed by atoms with E-state index in [1.807, 2.05) is 0 Å². The molecule has 0 aliphatic carbocycles. The van der Waals surface area contributed by atoms with E-state index >= 15 is 0 Å². The first-order valence-corrected chi connectivity index (χ1v) is 7.55. The summed E-state index contributed by atoms with van der Waals surface area (Å²) < 4.78 is 6.43. The second-order valence-electron chi connectivity index (χ2n) is 4.42. The van der Waals surface area contributed by atoms with Crippen LogP contribution in [-0.4, -0.2) is 14.8 Å². The first-order valence-electron chi connectivity index (χ1n) is 5.96. The Hall–Kier alpha value is -2.06. The highest BCUT2D eigenvalue weighted by Crippen LogP contribution is 2.34. The van der Waals surface area contributed by atoms with E-state index in [0.29, 0.717) is 8.95 Å². The maximum absolute atomic E-state index is 12.5. The van der Waals surface area contributed by atoms with Crippen LogP contribution in [0.2, 0.25) is 0 Å². The summed E-state index contributed by atoms with van der Waals surface area (Å²) >= 11 is 6.26. The lowest BCUT2D eigenvalue weighted by atomic mass is 10.2. The van der Waals surface area contributed by atoms with Gasteiger partial charge in [0, 0.05) is 0 Å². The molecule has 0 fully saturated rings. The molecule has 2 N–H and O–H groups in total. The molecule has 2 aromatic carbocycles. The lowest BCUT2D eigenvalue weighted by Crippen LogP contribution is -2.31. The Balaban J connectivity index is 2.45. The van der Waals surface area contributed by atoms with Gasteiger partial charge in [0.1, 0.15) is 22.5 Å². The predicted octanol–water partition coefficient (Wildman–Crippen LogP) is 2.88. The van der Waals surface area contributed by atoms with Crippen LogP contribution in [0.4, 0.5) is 0 Å². The van der Waals surface area contributed by atoms with Gasteiger partial charge in [-0.15, -0.1) is 0 Å². The molecule has 0 spiro atoms. The first kappa shape index (κ1) is 14.9. The van der Waals surface area contributed by atoms with E-state index in [9.17, 15) is 19.8 Å². The molecule has 0 saturated carbocycles. The summed E-state index contributed by atoms with van der Waals surface area (Å²) in [5, 5.41) is 19.4. The number of phenols is 2. The van der Waals surface area contributed by atoms with Crippen molar-refractivity contribution < 1.29 is 14.6 Å². The number of nitrogens with zero attached hydrogens (tertiary/aromatic N) is 1. The minimum absolute atomic E-state index is 0.00293. The molecule has 0 aliphatic rings. The molecule has 0 amide bonds. The van der Waals surface area contributed by atoms with Crippen LogP contribution in [-0.2, 0) is 0 Å². The first-order chi connectivity index (χ1) is 10.4. The SMILES string of the molecule is O=c1oc2cccc(O)c2c(=O)n1-c1cc(Br)c(O)c(Br)c1. The maximum Gasteiger partial charge on any atom is 0.427 e. The Morgan fingerprint density at radius 3 is 2.32 bits per heavy atom. The summed E-state index contributed by atoms with van der Waals surface area (Å²) in [4.78, 5) is 24.6. The summed E-state index contributed by atoms with van der Waals surface area (Å²) in [6.07, 6.45) is 0.